The van der Waals surface area contributed by atoms with E-state index in [0.29, 0.717) is 0 Å². The van der Waals surface area contributed by atoms with Crippen molar-refractivity contribution in [3.05, 3.63) is 18.0 Å². The quantitative estimate of drug-likeness (QED) is 0.746. The average molecular weight is 279 g/mol. The number of hydrogen-bond donors (Lipinski definition) is 0. The number of aromatic nitrogens is 2. The molecule has 0 amide bonds. The lowest BCUT2D eigenvalue weighted by atomic mass is 10.2. The first-order valence-corrected chi connectivity index (χ1v) is 7.11. The molecule has 0 aliphatic carbocycles. The molecule has 1 fully saturated rings. The minimum Gasteiger partial charge on any atom is -0.383 e. The average Bonchev–Trinajstić information content (AvgIpc) is 2.47. The molecule has 2 heterocycles. The fraction of sp³-hybridized carbons (Fsp3) is 0.714. The molecule has 0 unspecified atom stereocenters. The zero-order valence-electron chi connectivity index (χ0n) is 12.7. The van der Waals surface area contributed by atoms with Crippen LogP contribution in [-0.2, 0) is 11.3 Å². The summed E-state index contributed by atoms with van der Waals surface area (Å²) >= 11 is 0. The maximum Gasteiger partial charge on any atom is 0.224 e. The highest BCUT2D eigenvalue weighted by Gasteiger charge is 2.16. The molecule has 6 nitrogen and oxygen atoms in total. The third kappa shape index (κ3) is 4.40. The highest BCUT2D eigenvalue weighted by molar-refractivity contribution is 5.26. The Morgan fingerprint density at radius 3 is 2.25 bits per heavy atom. The number of hydrogen-bond acceptors (Lipinski definition) is 6. The number of nitrogens with zero attached hydrogens (tertiary/aromatic N) is 5. The second-order valence-corrected chi connectivity index (χ2v) is 5.40. The van der Waals surface area contributed by atoms with Crippen LogP contribution in [0.2, 0.25) is 0 Å². The van der Waals surface area contributed by atoms with Gasteiger partial charge in [-0.3, -0.25) is 9.80 Å². The normalized spacial score (nSPS) is 17.4. The van der Waals surface area contributed by atoms with Gasteiger partial charge >= 0.3 is 0 Å². The van der Waals surface area contributed by atoms with Crippen LogP contribution in [0.1, 0.15) is 5.56 Å². The minimum absolute atomic E-state index is 0.762. The van der Waals surface area contributed by atoms with Gasteiger partial charge in [0.05, 0.1) is 6.61 Å². The summed E-state index contributed by atoms with van der Waals surface area (Å²) in [5, 5.41) is 0. The molecule has 6 heteroatoms. The van der Waals surface area contributed by atoms with E-state index in [4.69, 9.17) is 4.74 Å². The summed E-state index contributed by atoms with van der Waals surface area (Å²) in [7, 11) is 5.66. The van der Waals surface area contributed by atoms with E-state index in [1.54, 1.807) is 7.11 Å². The number of methoxy groups -OCH3 is 1. The summed E-state index contributed by atoms with van der Waals surface area (Å²) in [6.07, 6.45) is 3.86. The van der Waals surface area contributed by atoms with E-state index >= 15 is 0 Å². The topological polar surface area (TPSA) is 44.7 Å². The lowest BCUT2D eigenvalue weighted by Crippen LogP contribution is -2.46. The Morgan fingerprint density at radius 2 is 1.70 bits per heavy atom. The van der Waals surface area contributed by atoms with Gasteiger partial charge < -0.3 is 9.64 Å². The molecule has 0 bridgehead atoms. The predicted octanol–water partition coefficient (Wildman–Crippen LogP) is 0.307. The van der Waals surface area contributed by atoms with Crippen LogP contribution in [0.25, 0.3) is 0 Å². The van der Waals surface area contributed by atoms with E-state index in [1.807, 2.05) is 31.4 Å². The summed E-state index contributed by atoms with van der Waals surface area (Å²) < 4.78 is 5.12. The van der Waals surface area contributed by atoms with Crippen molar-refractivity contribution < 1.29 is 4.74 Å². The van der Waals surface area contributed by atoms with Crippen LogP contribution in [0.3, 0.4) is 0 Å². The van der Waals surface area contributed by atoms with Crippen LogP contribution in [-0.4, -0.2) is 80.3 Å². The lowest BCUT2D eigenvalue weighted by molar-refractivity contribution is 0.0937. The summed E-state index contributed by atoms with van der Waals surface area (Å²) in [6, 6.07) is 0. The first-order valence-electron chi connectivity index (χ1n) is 7.11. The van der Waals surface area contributed by atoms with Crippen molar-refractivity contribution in [3.8, 4) is 0 Å². The Morgan fingerprint density at radius 1 is 1.10 bits per heavy atom. The van der Waals surface area contributed by atoms with Crippen molar-refractivity contribution in [1.29, 1.82) is 0 Å². The van der Waals surface area contributed by atoms with Gasteiger partial charge in [-0.05, 0) is 0 Å². The fourth-order valence-corrected chi connectivity index (χ4v) is 2.31. The van der Waals surface area contributed by atoms with Crippen LogP contribution < -0.4 is 4.90 Å². The minimum atomic E-state index is 0.762. The van der Waals surface area contributed by atoms with Crippen LogP contribution in [0.15, 0.2) is 12.4 Å². The van der Waals surface area contributed by atoms with E-state index in [9.17, 15) is 0 Å². The SMILES string of the molecule is COCCN1CCN(Cc2cnc(N(C)C)nc2)CC1. The summed E-state index contributed by atoms with van der Waals surface area (Å²) in [5.41, 5.74) is 1.18. The third-order valence-electron chi connectivity index (χ3n) is 3.57. The Balaban J connectivity index is 1.77. The number of piperazine rings is 1. The van der Waals surface area contributed by atoms with Gasteiger partial charge in [-0.15, -0.1) is 0 Å². The van der Waals surface area contributed by atoms with Gasteiger partial charge in [-0.25, -0.2) is 9.97 Å². The van der Waals surface area contributed by atoms with Crippen molar-refractivity contribution in [2.75, 3.05) is 65.4 Å². The molecular weight excluding hydrogens is 254 g/mol. The molecular formula is C14H25N5O. The molecule has 112 valence electrons. The monoisotopic (exact) mass is 279 g/mol. The molecule has 0 radical (unpaired) electrons. The van der Waals surface area contributed by atoms with Gasteiger partial charge in [-0.2, -0.15) is 0 Å². The number of ether oxygens (including phenoxy) is 1. The first kappa shape index (κ1) is 15.2. The summed E-state index contributed by atoms with van der Waals surface area (Å²) in [6.45, 7) is 7.20. The van der Waals surface area contributed by atoms with Crippen LogP contribution >= 0.6 is 0 Å². The second kappa shape index (κ2) is 7.52. The van der Waals surface area contributed by atoms with Crippen LogP contribution in [0.4, 0.5) is 5.95 Å². The molecule has 1 aliphatic heterocycles. The highest BCUT2D eigenvalue weighted by Crippen LogP contribution is 2.09. The Hall–Kier alpha value is -1.24. The number of anilines is 1. The smallest absolute Gasteiger partial charge is 0.224 e. The van der Waals surface area contributed by atoms with Gasteiger partial charge in [0, 0.05) is 78.4 Å². The maximum absolute atomic E-state index is 5.12. The van der Waals surface area contributed by atoms with E-state index < -0.39 is 0 Å². The summed E-state index contributed by atoms with van der Waals surface area (Å²) in [5.74, 6) is 0.762. The zero-order chi connectivity index (χ0) is 14.4. The largest absolute Gasteiger partial charge is 0.383 e. The molecule has 20 heavy (non-hydrogen) atoms. The molecule has 1 aromatic rings. The first-order chi connectivity index (χ1) is 9.69. The second-order valence-electron chi connectivity index (χ2n) is 5.40. The van der Waals surface area contributed by atoms with E-state index in [2.05, 4.69) is 19.8 Å². The Labute approximate surface area is 121 Å². The van der Waals surface area contributed by atoms with Crippen LogP contribution in [0.5, 0.6) is 0 Å². The van der Waals surface area contributed by atoms with Gasteiger partial charge in [0.1, 0.15) is 0 Å². The molecule has 0 aromatic carbocycles. The molecule has 0 saturated carbocycles. The Kier molecular flexibility index (Phi) is 5.70. The Bertz CT molecular complexity index is 387. The van der Waals surface area contributed by atoms with Crippen molar-refractivity contribution in [2.45, 2.75) is 6.54 Å². The van der Waals surface area contributed by atoms with E-state index in [0.717, 1.165) is 51.8 Å². The molecule has 0 spiro atoms. The van der Waals surface area contributed by atoms with Crippen molar-refractivity contribution >= 4 is 5.95 Å². The number of rotatable bonds is 6. The van der Waals surface area contributed by atoms with Crippen molar-refractivity contribution in [2.24, 2.45) is 0 Å². The van der Waals surface area contributed by atoms with Gasteiger partial charge in [0.25, 0.3) is 0 Å². The van der Waals surface area contributed by atoms with Gasteiger partial charge in [0.2, 0.25) is 5.95 Å². The zero-order valence-corrected chi connectivity index (χ0v) is 12.7. The molecule has 0 atom stereocenters. The summed E-state index contributed by atoms with van der Waals surface area (Å²) in [4.78, 5) is 15.5. The fourth-order valence-electron chi connectivity index (χ4n) is 2.31. The molecule has 0 N–H and O–H groups in total. The predicted molar refractivity (Wildman–Crippen MR) is 80.0 cm³/mol. The highest BCUT2D eigenvalue weighted by atomic mass is 16.5. The van der Waals surface area contributed by atoms with Crippen molar-refractivity contribution in [1.82, 2.24) is 19.8 Å². The van der Waals surface area contributed by atoms with Gasteiger partial charge in [0.15, 0.2) is 0 Å². The lowest BCUT2D eigenvalue weighted by Gasteiger charge is -2.34. The van der Waals surface area contributed by atoms with Crippen LogP contribution in [0, 0.1) is 0 Å². The molecule has 1 saturated heterocycles. The van der Waals surface area contributed by atoms with E-state index in [-0.39, 0.29) is 0 Å². The van der Waals surface area contributed by atoms with Crippen molar-refractivity contribution in [3.63, 3.8) is 0 Å². The van der Waals surface area contributed by atoms with Gasteiger partial charge in [-0.1, -0.05) is 0 Å². The molecule has 2 rings (SSSR count). The van der Waals surface area contributed by atoms with E-state index in [1.165, 1.54) is 5.56 Å². The molecule has 1 aromatic heterocycles. The third-order valence-corrected chi connectivity index (χ3v) is 3.57. The molecule has 1 aliphatic rings. The maximum atomic E-state index is 5.12. The standard InChI is InChI=1S/C14H25N5O/c1-17(2)14-15-10-13(11-16-14)12-19-6-4-18(5-7-19)8-9-20-3/h10-11H,4-9,12H2,1-3H3.